The van der Waals surface area contributed by atoms with Crippen molar-refractivity contribution in [3.05, 3.63) is 66.2 Å². The fraction of sp³-hybridized carbons (Fsp3) is 0.350. The molecule has 0 bridgehead atoms. The van der Waals surface area contributed by atoms with Crippen LogP contribution in [0, 0.1) is 0 Å². The zero-order chi connectivity index (χ0) is 19.7. The van der Waals surface area contributed by atoms with E-state index in [1.54, 1.807) is 32.2 Å². The molecular weight excluding hydrogens is 364 g/mol. The van der Waals surface area contributed by atoms with E-state index in [2.05, 4.69) is 5.32 Å². The van der Waals surface area contributed by atoms with E-state index in [9.17, 15) is 13.2 Å². The van der Waals surface area contributed by atoms with Crippen molar-refractivity contribution in [2.45, 2.75) is 24.3 Å². The van der Waals surface area contributed by atoms with Crippen LogP contribution in [0.5, 0.6) is 0 Å². The van der Waals surface area contributed by atoms with Gasteiger partial charge in [0.05, 0.1) is 18.0 Å². The molecule has 0 saturated carbocycles. The normalized spacial score (nSPS) is 12.7. The number of carbonyl (C=O) groups excluding carboxylic acids is 1. The van der Waals surface area contributed by atoms with Gasteiger partial charge < -0.3 is 10.1 Å². The molecule has 0 fully saturated rings. The maximum atomic E-state index is 13.0. The number of hydrogen-bond acceptors (Lipinski definition) is 4. The van der Waals surface area contributed by atoms with Gasteiger partial charge in [0.1, 0.15) is 0 Å². The quantitative estimate of drug-likeness (QED) is 0.674. The summed E-state index contributed by atoms with van der Waals surface area (Å²) >= 11 is 0. The summed E-state index contributed by atoms with van der Waals surface area (Å²) in [5, 5.41) is 2.76. The lowest BCUT2D eigenvalue weighted by Crippen LogP contribution is -2.45. The largest absolute Gasteiger partial charge is 0.383 e. The second kappa shape index (κ2) is 10.2. The van der Waals surface area contributed by atoms with E-state index in [0.717, 1.165) is 5.56 Å². The third-order valence-electron chi connectivity index (χ3n) is 4.02. The standard InChI is InChI=1S/C20H26N2O4S/c1-17(16-26-2)21-20(23)15-22(14-13-18-9-5-3-6-10-18)27(24,25)19-11-7-4-8-12-19/h3-12,17H,13-16H2,1-2H3,(H,21,23)/t17-/m0/s1. The lowest BCUT2D eigenvalue weighted by Gasteiger charge is -2.23. The van der Waals surface area contributed by atoms with E-state index in [4.69, 9.17) is 4.74 Å². The molecule has 0 aliphatic carbocycles. The van der Waals surface area contributed by atoms with Gasteiger partial charge in [0.2, 0.25) is 15.9 Å². The number of methoxy groups -OCH3 is 1. The van der Waals surface area contributed by atoms with Gasteiger partial charge in [-0.15, -0.1) is 0 Å². The Labute approximate surface area is 161 Å². The highest BCUT2D eigenvalue weighted by molar-refractivity contribution is 7.89. The number of benzene rings is 2. The van der Waals surface area contributed by atoms with Gasteiger partial charge in [-0.05, 0) is 31.0 Å². The number of nitrogens with zero attached hydrogens (tertiary/aromatic N) is 1. The van der Waals surface area contributed by atoms with Crippen molar-refractivity contribution in [1.29, 1.82) is 0 Å². The Morgan fingerprint density at radius 3 is 2.26 bits per heavy atom. The first kappa shape index (κ1) is 21.1. The predicted octanol–water partition coefficient (Wildman–Crippen LogP) is 2.07. The molecule has 2 aromatic rings. The molecule has 0 aromatic heterocycles. The Balaban J connectivity index is 2.16. The molecule has 27 heavy (non-hydrogen) atoms. The van der Waals surface area contributed by atoms with Crippen LogP contribution in [-0.2, 0) is 26.0 Å². The van der Waals surface area contributed by atoms with Crippen LogP contribution >= 0.6 is 0 Å². The minimum atomic E-state index is -3.77. The monoisotopic (exact) mass is 390 g/mol. The van der Waals surface area contributed by atoms with Crippen LogP contribution in [0.4, 0.5) is 0 Å². The second-order valence-electron chi connectivity index (χ2n) is 6.31. The van der Waals surface area contributed by atoms with Crippen molar-refractivity contribution in [1.82, 2.24) is 9.62 Å². The van der Waals surface area contributed by atoms with E-state index in [1.165, 1.54) is 16.4 Å². The van der Waals surface area contributed by atoms with Crippen molar-refractivity contribution < 1.29 is 17.9 Å². The third kappa shape index (κ3) is 6.46. The van der Waals surface area contributed by atoms with E-state index < -0.39 is 10.0 Å². The molecule has 146 valence electrons. The lowest BCUT2D eigenvalue weighted by molar-refractivity contribution is -0.122. The molecule has 2 aromatic carbocycles. The molecule has 6 nitrogen and oxygen atoms in total. The van der Waals surface area contributed by atoms with Crippen molar-refractivity contribution >= 4 is 15.9 Å². The zero-order valence-corrected chi connectivity index (χ0v) is 16.5. The molecule has 0 radical (unpaired) electrons. The van der Waals surface area contributed by atoms with Gasteiger partial charge in [0, 0.05) is 19.7 Å². The van der Waals surface area contributed by atoms with Gasteiger partial charge in [-0.1, -0.05) is 48.5 Å². The Morgan fingerprint density at radius 2 is 1.67 bits per heavy atom. The Kier molecular flexibility index (Phi) is 7.97. The maximum absolute atomic E-state index is 13.0. The molecule has 2 rings (SSSR count). The Hall–Kier alpha value is -2.22. The van der Waals surface area contributed by atoms with Gasteiger partial charge in [0.25, 0.3) is 0 Å². The molecule has 1 amide bonds. The van der Waals surface area contributed by atoms with Crippen LogP contribution in [0.25, 0.3) is 0 Å². The Bertz CT molecular complexity index is 810. The van der Waals surface area contributed by atoms with Crippen molar-refractivity contribution in [3.8, 4) is 0 Å². The van der Waals surface area contributed by atoms with E-state index in [0.29, 0.717) is 13.0 Å². The molecule has 1 N–H and O–H groups in total. The number of carbonyl (C=O) groups is 1. The minimum absolute atomic E-state index is 0.177. The van der Waals surface area contributed by atoms with E-state index in [-0.39, 0.29) is 29.9 Å². The molecule has 0 saturated heterocycles. The van der Waals surface area contributed by atoms with Crippen LogP contribution < -0.4 is 5.32 Å². The topological polar surface area (TPSA) is 75.7 Å². The summed E-state index contributed by atoms with van der Waals surface area (Å²) in [4.78, 5) is 12.5. The number of ether oxygens (including phenoxy) is 1. The lowest BCUT2D eigenvalue weighted by atomic mass is 10.1. The summed E-state index contributed by atoms with van der Waals surface area (Å²) < 4.78 is 32.3. The van der Waals surface area contributed by atoms with Gasteiger partial charge in [0.15, 0.2) is 0 Å². The average Bonchev–Trinajstić information content (AvgIpc) is 2.66. The molecule has 7 heteroatoms. The highest BCUT2D eigenvalue weighted by atomic mass is 32.2. The summed E-state index contributed by atoms with van der Waals surface area (Å²) in [7, 11) is -2.22. The van der Waals surface area contributed by atoms with Crippen LogP contribution in [0.2, 0.25) is 0 Å². The minimum Gasteiger partial charge on any atom is -0.383 e. The van der Waals surface area contributed by atoms with Gasteiger partial charge in [-0.2, -0.15) is 4.31 Å². The fourth-order valence-electron chi connectivity index (χ4n) is 2.70. The molecule has 0 unspecified atom stereocenters. The summed E-state index contributed by atoms with van der Waals surface area (Å²) in [6, 6.07) is 17.6. The number of hydrogen-bond donors (Lipinski definition) is 1. The zero-order valence-electron chi connectivity index (χ0n) is 15.7. The van der Waals surface area contributed by atoms with Crippen molar-refractivity contribution in [2.24, 2.45) is 0 Å². The number of amides is 1. The van der Waals surface area contributed by atoms with Gasteiger partial charge in [-0.25, -0.2) is 8.42 Å². The third-order valence-corrected chi connectivity index (χ3v) is 5.88. The molecule has 0 spiro atoms. The summed E-state index contributed by atoms with van der Waals surface area (Å²) in [5.41, 5.74) is 1.01. The highest BCUT2D eigenvalue weighted by Gasteiger charge is 2.26. The molecule has 1 atom stereocenters. The molecule has 0 aliphatic heterocycles. The first-order valence-corrected chi connectivity index (χ1v) is 10.2. The number of sulfonamides is 1. The second-order valence-corrected chi connectivity index (χ2v) is 8.25. The predicted molar refractivity (Wildman–Crippen MR) is 105 cm³/mol. The van der Waals surface area contributed by atoms with E-state index >= 15 is 0 Å². The van der Waals surface area contributed by atoms with Gasteiger partial charge >= 0.3 is 0 Å². The highest BCUT2D eigenvalue weighted by Crippen LogP contribution is 2.16. The summed E-state index contributed by atoms with van der Waals surface area (Å²) in [6.45, 7) is 2.15. The molecule has 0 heterocycles. The van der Waals surface area contributed by atoms with Crippen LogP contribution in [-0.4, -0.2) is 51.5 Å². The maximum Gasteiger partial charge on any atom is 0.243 e. The van der Waals surface area contributed by atoms with E-state index in [1.807, 2.05) is 30.3 Å². The Morgan fingerprint density at radius 1 is 1.07 bits per heavy atom. The average molecular weight is 391 g/mol. The van der Waals surface area contributed by atoms with Crippen LogP contribution in [0.1, 0.15) is 12.5 Å². The summed E-state index contributed by atoms with van der Waals surface area (Å²) in [6.07, 6.45) is 0.522. The molecule has 0 aliphatic rings. The number of nitrogens with one attached hydrogen (secondary N) is 1. The smallest absolute Gasteiger partial charge is 0.243 e. The first-order chi connectivity index (χ1) is 12.9. The molecular formula is C20H26N2O4S. The fourth-order valence-corrected chi connectivity index (χ4v) is 4.11. The summed E-state index contributed by atoms with van der Waals surface area (Å²) in [5.74, 6) is -0.355. The van der Waals surface area contributed by atoms with Crippen molar-refractivity contribution in [2.75, 3.05) is 26.8 Å². The SMILES string of the molecule is COC[C@H](C)NC(=O)CN(CCc1ccccc1)S(=O)(=O)c1ccccc1. The van der Waals surface area contributed by atoms with Crippen LogP contribution in [0.3, 0.4) is 0 Å². The first-order valence-electron chi connectivity index (χ1n) is 8.81. The number of rotatable bonds is 10. The van der Waals surface area contributed by atoms with Gasteiger partial charge in [-0.3, -0.25) is 4.79 Å². The van der Waals surface area contributed by atoms with Crippen LogP contribution in [0.15, 0.2) is 65.6 Å². The van der Waals surface area contributed by atoms with Crippen molar-refractivity contribution in [3.63, 3.8) is 0 Å².